The molecule has 0 unspecified atom stereocenters. The average Bonchev–Trinajstić information content (AvgIpc) is 2.71. The SMILES string of the molecule is Cc1c(OS(=O)(=O)c2ccc(Cl)cc2)ccc2c(-c3ccccc3)cc(=O)oc12. The second kappa shape index (κ2) is 7.39. The molecule has 0 amide bonds. The van der Waals surface area contributed by atoms with Crippen LogP contribution in [-0.2, 0) is 10.1 Å². The molecule has 4 rings (SSSR count). The van der Waals surface area contributed by atoms with Gasteiger partial charge >= 0.3 is 15.7 Å². The lowest BCUT2D eigenvalue weighted by atomic mass is 10.0. The summed E-state index contributed by atoms with van der Waals surface area (Å²) in [6, 6.07) is 19.7. The molecule has 0 saturated heterocycles. The minimum Gasteiger partial charge on any atom is -0.422 e. The summed E-state index contributed by atoms with van der Waals surface area (Å²) in [6.45, 7) is 1.65. The molecule has 1 heterocycles. The number of aryl methyl sites for hydroxylation is 1. The van der Waals surface area contributed by atoms with Crippen LogP contribution in [0.25, 0.3) is 22.1 Å². The smallest absolute Gasteiger partial charge is 0.339 e. The minimum absolute atomic E-state index is 0.0270. The van der Waals surface area contributed by atoms with Crippen LogP contribution in [0.3, 0.4) is 0 Å². The van der Waals surface area contributed by atoms with E-state index in [0.717, 1.165) is 5.56 Å². The van der Waals surface area contributed by atoms with E-state index in [1.54, 1.807) is 19.1 Å². The highest BCUT2D eigenvalue weighted by Crippen LogP contribution is 2.34. The second-order valence-electron chi connectivity index (χ2n) is 6.40. The molecule has 0 fully saturated rings. The quantitative estimate of drug-likeness (QED) is 0.331. The van der Waals surface area contributed by atoms with Crippen LogP contribution in [0.5, 0.6) is 5.75 Å². The van der Waals surface area contributed by atoms with Crippen molar-refractivity contribution in [3.05, 3.63) is 93.8 Å². The Morgan fingerprint density at radius 2 is 1.62 bits per heavy atom. The zero-order valence-corrected chi connectivity index (χ0v) is 16.8. The van der Waals surface area contributed by atoms with Gasteiger partial charge < -0.3 is 8.60 Å². The molecule has 146 valence electrons. The molecule has 0 atom stereocenters. The summed E-state index contributed by atoms with van der Waals surface area (Å²) in [6.07, 6.45) is 0. The first-order valence-corrected chi connectivity index (χ1v) is 10.5. The van der Waals surface area contributed by atoms with Crippen LogP contribution in [0.4, 0.5) is 0 Å². The molecule has 1 aromatic heterocycles. The molecule has 0 aliphatic heterocycles. The van der Waals surface area contributed by atoms with Gasteiger partial charge in [-0.25, -0.2) is 4.79 Å². The summed E-state index contributed by atoms with van der Waals surface area (Å²) in [5, 5.41) is 1.10. The third-order valence-electron chi connectivity index (χ3n) is 4.50. The molecule has 5 nitrogen and oxygen atoms in total. The van der Waals surface area contributed by atoms with E-state index in [9.17, 15) is 13.2 Å². The van der Waals surface area contributed by atoms with Crippen molar-refractivity contribution in [2.24, 2.45) is 0 Å². The number of fused-ring (bicyclic) bond motifs is 1. The maximum Gasteiger partial charge on any atom is 0.339 e. The van der Waals surface area contributed by atoms with Crippen molar-refractivity contribution in [1.82, 2.24) is 0 Å². The zero-order chi connectivity index (χ0) is 20.6. The molecule has 3 aromatic carbocycles. The van der Waals surface area contributed by atoms with E-state index in [2.05, 4.69) is 0 Å². The maximum atomic E-state index is 12.6. The Bertz CT molecular complexity index is 1360. The maximum absolute atomic E-state index is 12.6. The van der Waals surface area contributed by atoms with Crippen LogP contribution >= 0.6 is 11.6 Å². The van der Waals surface area contributed by atoms with Crippen molar-refractivity contribution >= 4 is 32.7 Å². The number of benzene rings is 3. The third kappa shape index (κ3) is 3.77. The van der Waals surface area contributed by atoms with E-state index in [1.165, 1.54) is 30.3 Å². The number of hydrogen-bond acceptors (Lipinski definition) is 5. The van der Waals surface area contributed by atoms with Gasteiger partial charge in [-0.2, -0.15) is 8.42 Å². The first-order valence-electron chi connectivity index (χ1n) is 8.68. The van der Waals surface area contributed by atoms with Crippen molar-refractivity contribution in [1.29, 1.82) is 0 Å². The minimum atomic E-state index is -4.07. The Morgan fingerprint density at radius 1 is 0.931 bits per heavy atom. The van der Waals surface area contributed by atoms with Crippen molar-refractivity contribution in [3.8, 4) is 16.9 Å². The van der Waals surface area contributed by atoms with Crippen LogP contribution in [0, 0.1) is 6.92 Å². The highest BCUT2D eigenvalue weighted by Gasteiger charge is 2.20. The molecule has 0 aliphatic carbocycles. The molecular formula is C22H15ClO5S. The number of hydrogen-bond donors (Lipinski definition) is 0. The molecule has 0 radical (unpaired) electrons. The van der Waals surface area contributed by atoms with Crippen molar-refractivity contribution < 1.29 is 17.0 Å². The molecule has 0 aliphatic rings. The van der Waals surface area contributed by atoms with E-state index in [-0.39, 0.29) is 16.2 Å². The van der Waals surface area contributed by atoms with Gasteiger partial charge in [-0.1, -0.05) is 41.9 Å². The first kappa shape index (κ1) is 19.2. The predicted molar refractivity (Wildman–Crippen MR) is 112 cm³/mol. The third-order valence-corrected chi connectivity index (χ3v) is 6.00. The van der Waals surface area contributed by atoms with E-state index in [1.807, 2.05) is 30.3 Å². The van der Waals surface area contributed by atoms with Crippen molar-refractivity contribution in [2.45, 2.75) is 11.8 Å². The van der Waals surface area contributed by atoms with Gasteiger partial charge in [0.1, 0.15) is 16.2 Å². The van der Waals surface area contributed by atoms with Gasteiger partial charge in [0.05, 0.1) is 0 Å². The predicted octanol–water partition coefficient (Wildman–Crippen LogP) is 5.19. The molecule has 0 spiro atoms. The summed E-state index contributed by atoms with van der Waals surface area (Å²) in [7, 11) is -4.07. The fourth-order valence-electron chi connectivity index (χ4n) is 3.06. The van der Waals surface area contributed by atoms with Crippen molar-refractivity contribution in [3.63, 3.8) is 0 Å². The van der Waals surface area contributed by atoms with Crippen LogP contribution in [0.15, 0.2) is 86.9 Å². The standard InChI is InChI=1S/C22H15ClO5S/c1-14-20(28-29(25,26)17-9-7-16(23)8-10-17)12-11-18-19(13-21(24)27-22(14)18)15-5-3-2-4-6-15/h2-13H,1H3. The Morgan fingerprint density at radius 3 is 2.31 bits per heavy atom. The van der Waals surface area contributed by atoms with Gasteiger partial charge in [0.2, 0.25) is 0 Å². The lowest BCUT2D eigenvalue weighted by Gasteiger charge is -2.12. The summed E-state index contributed by atoms with van der Waals surface area (Å²) < 4.78 is 35.9. The van der Waals surface area contributed by atoms with Crippen LogP contribution < -0.4 is 9.81 Å². The summed E-state index contributed by atoms with van der Waals surface area (Å²) >= 11 is 5.82. The lowest BCUT2D eigenvalue weighted by Crippen LogP contribution is -2.10. The van der Waals surface area contributed by atoms with Crippen LogP contribution in [0.1, 0.15) is 5.56 Å². The van der Waals surface area contributed by atoms with Crippen molar-refractivity contribution in [2.75, 3.05) is 0 Å². The fraction of sp³-hybridized carbons (Fsp3) is 0.0455. The van der Waals surface area contributed by atoms with E-state index < -0.39 is 15.7 Å². The van der Waals surface area contributed by atoms with Gasteiger partial charge in [0.15, 0.2) is 0 Å². The van der Waals surface area contributed by atoms with Gasteiger partial charge in [0, 0.05) is 22.0 Å². The van der Waals surface area contributed by atoms with Crippen LogP contribution in [-0.4, -0.2) is 8.42 Å². The molecule has 4 aromatic rings. The fourth-order valence-corrected chi connectivity index (χ4v) is 4.17. The molecule has 0 bridgehead atoms. The monoisotopic (exact) mass is 426 g/mol. The first-order chi connectivity index (χ1) is 13.8. The number of halogens is 1. The van der Waals surface area contributed by atoms with E-state index in [4.69, 9.17) is 20.2 Å². The Hall–Kier alpha value is -3.09. The van der Waals surface area contributed by atoms with Gasteiger partial charge in [-0.05, 0) is 54.4 Å². The Labute approximate surface area is 172 Å². The normalized spacial score (nSPS) is 11.5. The summed E-state index contributed by atoms with van der Waals surface area (Å²) in [5.41, 5.74) is 1.71. The summed E-state index contributed by atoms with van der Waals surface area (Å²) in [4.78, 5) is 12.1. The highest BCUT2D eigenvalue weighted by molar-refractivity contribution is 7.87. The Kier molecular flexibility index (Phi) is 4.90. The molecule has 0 N–H and O–H groups in total. The van der Waals surface area contributed by atoms with Gasteiger partial charge in [-0.15, -0.1) is 0 Å². The number of rotatable bonds is 4. The van der Waals surface area contributed by atoms with E-state index in [0.29, 0.717) is 21.5 Å². The average molecular weight is 427 g/mol. The van der Waals surface area contributed by atoms with E-state index >= 15 is 0 Å². The highest BCUT2D eigenvalue weighted by atomic mass is 35.5. The van der Waals surface area contributed by atoms with Gasteiger partial charge in [-0.3, -0.25) is 0 Å². The second-order valence-corrected chi connectivity index (χ2v) is 8.38. The Balaban J connectivity index is 1.83. The molecule has 7 heteroatoms. The molecular weight excluding hydrogens is 412 g/mol. The topological polar surface area (TPSA) is 73.6 Å². The van der Waals surface area contributed by atoms with Gasteiger partial charge in [0.25, 0.3) is 0 Å². The van der Waals surface area contributed by atoms with Crippen LogP contribution in [0.2, 0.25) is 5.02 Å². The lowest BCUT2D eigenvalue weighted by molar-refractivity contribution is 0.483. The molecule has 0 saturated carbocycles. The summed E-state index contributed by atoms with van der Waals surface area (Å²) in [5.74, 6) is 0.0841. The largest absolute Gasteiger partial charge is 0.422 e. The molecule has 29 heavy (non-hydrogen) atoms. The zero-order valence-electron chi connectivity index (χ0n) is 15.3.